The smallest absolute Gasteiger partial charge is 0.0154 e. The molecule has 1 aliphatic carbocycles. The summed E-state index contributed by atoms with van der Waals surface area (Å²) in [5.74, 6) is 2.53. The molecule has 2 rings (SSSR count). The zero-order valence-corrected chi connectivity index (χ0v) is 6.43. The summed E-state index contributed by atoms with van der Waals surface area (Å²) in [4.78, 5) is 0. The SMILES string of the molecule is C1CC2CC1CSS2. The van der Waals surface area contributed by atoms with Crippen molar-refractivity contribution in [2.24, 2.45) is 5.92 Å². The van der Waals surface area contributed by atoms with Gasteiger partial charge in [0.15, 0.2) is 0 Å². The van der Waals surface area contributed by atoms with Crippen molar-refractivity contribution in [2.75, 3.05) is 5.75 Å². The van der Waals surface area contributed by atoms with E-state index in [1.54, 1.807) is 0 Å². The summed E-state index contributed by atoms with van der Waals surface area (Å²) in [7, 11) is 4.21. The highest BCUT2D eigenvalue weighted by atomic mass is 33.1. The molecule has 0 spiro atoms. The minimum Gasteiger partial charge on any atom is -0.0936 e. The molecular weight excluding hydrogens is 136 g/mol. The lowest BCUT2D eigenvalue weighted by Crippen LogP contribution is -2.03. The fourth-order valence-corrected chi connectivity index (χ4v) is 4.76. The molecule has 0 amide bonds. The van der Waals surface area contributed by atoms with Gasteiger partial charge in [0.05, 0.1) is 0 Å². The number of hydrogen-bond donors (Lipinski definition) is 0. The van der Waals surface area contributed by atoms with Crippen molar-refractivity contribution >= 4 is 21.6 Å². The summed E-state index contributed by atoms with van der Waals surface area (Å²) in [5.41, 5.74) is 0. The molecule has 0 nitrogen and oxygen atoms in total. The van der Waals surface area contributed by atoms with E-state index in [2.05, 4.69) is 21.6 Å². The van der Waals surface area contributed by atoms with Gasteiger partial charge in [-0.1, -0.05) is 21.6 Å². The van der Waals surface area contributed by atoms with Crippen LogP contribution in [0.5, 0.6) is 0 Å². The molecule has 0 aromatic carbocycles. The Bertz CT molecular complexity index is 78.5. The van der Waals surface area contributed by atoms with Crippen LogP contribution in [0.15, 0.2) is 0 Å². The third kappa shape index (κ3) is 0.883. The summed E-state index contributed by atoms with van der Waals surface area (Å²) in [6.07, 6.45) is 4.55. The molecule has 2 atom stereocenters. The second-order valence-corrected chi connectivity index (χ2v) is 5.39. The average molecular weight is 146 g/mol. The molecule has 8 heavy (non-hydrogen) atoms. The van der Waals surface area contributed by atoms with Crippen molar-refractivity contribution in [1.29, 1.82) is 0 Å². The molecule has 0 aromatic rings. The number of hydrogen-bond acceptors (Lipinski definition) is 2. The maximum atomic E-state index is 2.12. The Hall–Kier alpha value is 0.700. The van der Waals surface area contributed by atoms with Crippen LogP contribution < -0.4 is 0 Å². The van der Waals surface area contributed by atoms with Gasteiger partial charge in [-0.3, -0.25) is 0 Å². The van der Waals surface area contributed by atoms with Gasteiger partial charge in [-0.2, -0.15) is 0 Å². The van der Waals surface area contributed by atoms with Crippen molar-refractivity contribution in [1.82, 2.24) is 0 Å². The highest BCUT2D eigenvalue weighted by Gasteiger charge is 2.29. The second-order valence-electron chi connectivity index (χ2n) is 2.68. The van der Waals surface area contributed by atoms with Crippen LogP contribution in [-0.2, 0) is 0 Å². The Kier molecular flexibility index (Phi) is 1.47. The van der Waals surface area contributed by atoms with Gasteiger partial charge in [0.25, 0.3) is 0 Å². The minimum atomic E-state index is 1.04. The zero-order valence-electron chi connectivity index (χ0n) is 4.80. The first-order valence-corrected chi connectivity index (χ1v) is 5.61. The highest BCUT2D eigenvalue weighted by molar-refractivity contribution is 8.77. The maximum Gasteiger partial charge on any atom is 0.0154 e. The monoisotopic (exact) mass is 146 g/mol. The highest BCUT2D eigenvalue weighted by Crippen LogP contribution is 2.47. The van der Waals surface area contributed by atoms with Crippen molar-refractivity contribution < 1.29 is 0 Å². The third-order valence-electron chi connectivity index (χ3n) is 2.00. The fraction of sp³-hybridized carbons (Fsp3) is 1.00. The Morgan fingerprint density at radius 2 is 2.25 bits per heavy atom. The van der Waals surface area contributed by atoms with Gasteiger partial charge < -0.3 is 0 Å². The van der Waals surface area contributed by atoms with Crippen LogP contribution in [0.3, 0.4) is 0 Å². The predicted molar refractivity (Wildman–Crippen MR) is 41.2 cm³/mol. The van der Waals surface area contributed by atoms with E-state index in [-0.39, 0.29) is 0 Å². The van der Waals surface area contributed by atoms with E-state index in [1.165, 1.54) is 25.0 Å². The lowest BCUT2D eigenvalue weighted by molar-refractivity contribution is 0.624. The molecule has 0 N–H and O–H groups in total. The maximum absolute atomic E-state index is 2.12. The van der Waals surface area contributed by atoms with Crippen molar-refractivity contribution in [3.63, 3.8) is 0 Å². The summed E-state index contributed by atoms with van der Waals surface area (Å²) < 4.78 is 0. The lowest BCUT2D eigenvalue weighted by Gasteiger charge is -2.15. The first kappa shape index (κ1) is 5.48. The third-order valence-corrected chi connectivity index (χ3v) is 5.08. The summed E-state index contributed by atoms with van der Waals surface area (Å²) >= 11 is 0. The van der Waals surface area contributed by atoms with Crippen molar-refractivity contribution in [2.45, 2.75) is 24.5 Å². The van der Waals surface area contributed by atoms with Crippen LogP contribution >= 0.6 is 21.6 Å². The van der Waals surface area contributed by atoms with E-state index in [4.69, 9.17) is 0 Å². The van der Waals surface area contributed by atoms with E-state index in [1.807, 2.05) is 0 Å². The van der Waals surface area contributed by atoms with E-state index >= 15 is 0 Å². The molecule has 1 saturated carbocycles. The lowest BCUT2D eigenvalue weighted by atomic mass is 10.1. The van der Waals surface area contributed by atoms with Gasteiger partial charge in [-0.05, 0) is 25.2 Å². The van der Waals surface area contributed by atoms with Gasteiger partial charge in [-0.25, -0.2) is 0 Å². The van der Waals surface area contributed by atoms with Gasteiger partial charge in [0.1, 0.15) is 0 Å². The topological polar surface area (TPSA) is 0 Å². The average Bonchev–Trinajstić information content (AvgIpc) is 2.12. The van der Waals surface area contributed by atoms with E-state index in [0.717, 1.165) is 11.2 Å². The summed E-state index contributed by atoms with van der Waals surface area (Å²) in [6, 6.07) is 0. The van der Waals surface area contributed by atoms with Crippen LogP contribution in [-0.4, -0.2) is 11.0 Å². The first-order chi connectivity index (χ1) is 3.95. The molecule has 2 bridgehead atoms. The van der Waals surface area contributed by atoms with E-state index in [0.29, 0.717) is 0 Å². The Balaban J connectivity index is 2.03. The molecule has 2 aliphatic rings. The van der Waals surface area contributed by atoms with Crippen LogP contribution in [0.1, 0.15) is 19.3 Å². The van der Waals surface area contributed by atoms with Crippen LogP contribution in [0.4, 0.5) is 0 Å². The summed E-state index contributed by atoms with van der Waals surface area (Å²) in [5, 5.41) is 1.04. The molecule has 1 saturated heterocycles. The molecular formula is C6H10S2. The van der Waals surface area contributed by atoms with Crippen LogP contribution in [0.25, 0.3) is 0 Å². The zero-order chi connectivity index (χ0) is 5.40. The normalized spacial score (nSPS) is 45.0. The largest absolute Gasteiger partial charge is 0.0936 e. The summed E-state index contributed by atoms with van der Waals surface area (Å²) in [6.45, 7) is 0. The van der Waals surface area contributed by atoms with E-state index < -0.39 is 0 Å². The molecule has 2 heteroatoms. The second kappa shape index (κ2) is 2.14. The molecule has 0 radical (unpaired) electrons. The molecule has 2 unspecified atom stereocenters. The quantitative estimate of drug-likeness (QED) is 0.482. The van der Waals surface area contributed by atoms with Gasteiger partial charge in [0, 0.05) is 11.0 Å². The number of rotatable bonds is 0. The Morgan fingerprint density at radius 3 is 3.00 bits per heavy atom. The van der Waals surface area contributed by atoms with E-state index in [9.17, 15) is 0 Å². The Labute approximate surface area is 58.2 Å². The molecule has 1 aliphatic heterocycles. The van der Waals surface area contributed by atoms with Gasteiger partial charge >= 0.3 is 0 Å². The Morgan fingerprint density at radius 1 is 1.25 bits per heavy atom. The molecule has 1 heterocycles. The van der Waals surface area contributed by atoms with Gasteiger partial charge in [-0.15, -0.1) is 0 Å². The van der Waals surface area contributed by atoms with Crippen LogP contribution in [0, 0.1) is 5.92 Å². The molecule has 2 fully saturated rings. The number of fused-ring (bicyclic) bond motifs is 2. The fourth-order valence-electron chi connectivity index (χ4n) is 1.50. The van der Waals surface area contributed by atoms with Gasteiger partial charge in [0.2, 0.25) is 0 Å². The minimum absolute atomic E-state index is 1.04. The first-order valence-electron chi connectivity index (χ1n) is 3.23. The van der Waals surface area contributed by atoms with Crippen LogP contribution in [0.2, 0.25) is 0 Å². The van der Waals surface area contributed by atoms with Crippen molar-refractivity contribution in [3.8, 4) is 0 Å². The molecule has 46 valence electrons. The predicted octanol–water partition coefficient (Wildman–Crippen LogP) is 2.55. The molecule has 0 aromatic heterocycles. The van der Waals surface area contributed by atoms with Crippen molar-refractivity contribution in [3.05, 3.63) is 0 Å². The standard InChI is InChI=1S/C6H10S2/c1-2-6-3-5(1)4-7-8-6/h5-6H,1-4H2.